The zero-order valence-electron chi connectivity index (χ0n) is 12.2. The highest BCUT2D eigenvalue weighted by Gasteiger charge is 2.39. The molecule has 2 aliphatic heterocycles. The first kappa shape index (κ1) is 16.1. The van der Waals surface area contributed by atoms with E-state index in [4.69, 9.17) is 0 Å². The summed E-state index contributed by atoms with van der Waals surface area (Å²) >= 11 is 0.536. The van der Waals surface area contributed by atoms with Crippen molar-refractivity contribution in [2.45, 2.75) is 36.5 Å². The van der Waals surface area contributed by atoms with Gasteiger partial charge in [0.2, 0.25) is 5.91 Å². The number of rotatable bonds is 4. The second-order valence-corrected chi connectivity index (χ2v) is 7.19. The molecule has 1 aromatic rings. The number of aldehydes is 1. The summed E-state index contributed by atoms with van der Waals surface area (Å²) in [6, 6.07) is 7.08. The molecule has 2 atom stereocenters. The van der Waals surface area contributed by atoms with E-state index >= 15 is 0 Å². The Morgan fingerprint density at radius 2 is 2.00 bits per heavy atom. The molecule has 2 heterocycles. The van der Waals surface area contributed by atoms with Crippen molar-refractivity contribution in [2.75, 3.05) is 0 Å². The Bertz CT molecular complexity index is 660. The van der Waals surface area contributed by atoms with Crippen LogP contribution in [0.4, 0.5) is 0 Å². The molecule has 23 heavy (non-hydrogen) atoms. The van der Waals surface area contributed by atoms with E-state index in [9.17, 15) is 24.8 Å². The fourth-order valence-electron chi connectivity index (χ4n) is 2.93. The highest BCUT2D eigenvalue weighted by Crippen LogP contribution is 2.46. The van der Waals surface area contributed by atoms with Crippen molar-refractivity contribution >= 4 is 30.0 Å². The normalized spacial score (nSPS) is 29.6. The van der Waals surface area contributed by atoms with Gasteiger partial charge >= 0.3 is 5.91 Å². The lowest BCUT2D eigenvalue weighted by molar-refractivity contribution is -0.593. The lowest BCUT2D eigenvalue weighted by Gasteiger charge is -2.36. The number of carbonyl (C=O) groups excluding carboxylic acids is 3. The number of hydroxylamine groups is 2. The van der Waals surface area contributed by atoms with Crippen LogP contribution in [0, 0.1) is 10.4 Å². The Morgan fingerprint density at radius 3 is 2.48 bits per heavy atom. The van der Waals surface area contributed by atoms with Crippen molar-refractivity contribution in [3.05, 3.63) is 45.8 Å². The Balaban J connectivity index is 1.72. The zero-order chi connectivity index (χ0) is 16.7. The predicted octanol–water partition coefficient (Wildman–Crippen LogP) is 1.51. The van der Waals surface area contributed by atoms with E-state index in [1.807, 2.05) is 0 Å². The number of hydrogen-bond donors (Lipinski definition) is 1. The summed E-state index contributed by atoms with van der Waals surface area (Å²) in [5, 5.41) is 24.9. The molecular weight excluding hydrogens is 320 g/mol. The molecule has 0 spiro atoms. The van der Waals surface area contributed by atoms with E-state index in [0.717, 1.165) is 17.4 Å². The zero-order valence-corrected chi connectivity index (χ0v) is 13.0. The molecule has 2 aliphatic rings. The maximum absolute atomic E-state index is 11.4. The molecule has 7 nitrogen and oxygen atoms in total. The van der Waals surface area contributed by atoms with Gasteiger partial charge in [0.05, 0.1) is 29.2 Å². The molecule has 1 aromatic carbocycles. The standard InChI is InChI=1S/C15H15N2O5S/c18-9-15(6-5-13(19)16-15)8-10-1-3-11(4-2-10)12-7-14(20)17(21,22)23-12/h1-4,9,12H,5-8H2,(H,16,19)/q-1. The number of carbonyl (C=O) groups is 3. The van der Waals surface area contributed by atoms with Crippen LogP contribution in [-0.2, 0) is 20.8 Å². The topological polar surface area (TPSA) is 109 Å². The first-order chi connectivity index (χ1) is 10.8. The van der Waals surface area contributed by atoms with Crippen molar-refractivity contribution < 1.29 is 18.6 Å². The van der Waals surface area contributed by atoms with Gasteiger partial charge in [-0.25, -0.2) is 4.79 Å². The van der Waals surface area contributed by atoms with Crippen LogP contribution in [0.5, 0.6) is 0 Å². The van der Waals surface area contributed by atoms with E-state index in [1.165, 1.54) is 0 Å². The van der Waals surface area contributed by atoms with Gasteiger partial charge in [0.25, 0.3) is 0 Å². The fraction of sp³-hybridized carbons (Fsp3) is 0.400. The van der Waals surface area contributed by atoms with Crippen molar-refractivity contribution in [2.24, 2.45) is 0 Å². The van der Waals surface area contributed by atoms with Crippen molar-refractivity contribution in [3.8, 4) is 0 Å². The number of hydrogen-bond acceptors (Lipinski definition) is 6. The summed E-state index contributed by atoms with van der Waals surface area (Å²) in [5.41, 5.74) is 0.740. The fourth-order valence-corrected chi connectivity index (χ4v) is 3.95. The molecule has 0 radical (unpaired) electrons. The minimum absolute atomic E-state index is 0.0780. The van der Waals surface area contributed by atoms with E-state index < -0.39 is 20.9 Å². The van der Waals surface area contributed by atoms with Gasteiger partial charge < -0.3 is 20.5 Å². The Kier molecular flexibility index (Phi) is 4.01. The summed E-state index contributed by atoms with van der Waals surface area (Å²) in [7, 11) is 0. The molecule has 2 saturated heterocycles. The largest absolute Gasteiger partial charge is 0.612 e. The average molecular weight is 335 g/mol. The Hall–Kier alpha value is -1.74. The lowest BCUT2D eigenvalue weighted by atomic mass is 9.90. The quantitative estimate of drug-likeness (QED) is 0.386. The summed E-state index contributed by atoms with van der Waals surface area (Å²) in [4.78, 5) is 34.0. The van der Waals surface area contributed by atoms with Crippen LogP contribution in [0.15, 0.2) is 24.3 Å². The molecule has 1 N–H and O–H groups in total. The maximum atomic E-state index is 11.4. The van der Waals surface area contributed by atoms with E-state index in [1.54, 1.807) is 24.3 Å². The first-order valence-electron chi connectivity index (χ1n) is 7.23. The van der Waals surface area contributed by atoms with Crippen molar-refractivity contribution in [1.82, 2.24) is 5.32 Å². The third-order valence-electron chi connectivity index (χ3n) is 4.21. The smallest absolute Gasteiger partial charge is 0.326 e. The molecule has 2 amide bonds. The van der Waals surface area contributed by atoms with Crippen LogP contribution in [0.25, 0.3) is 0 Å². The predicted molar refractivity (Wildman–Crippen MR) is 83.3 cm³/mol. The van der Waals surface area contributed by atoms with Crippen LogP contribution in [0.3, 0.4) is 0 Å². The summed E-state index contributed by atoms with van der Waals surface area (Å²) < 4.78 is -2.15. The number of amides is 2. The molecule has 2 fully saturated rings. The van der Waals surface area contributed by atoms with E-state index in [0.29, 0.717) is 31.2 Å². The van der Waals surface area contributed by atoms with Gasteiger partial charge in [0.15, 0.2) is 0 Å². The van der Waals surface area contributed by atoms with Crippen molar-refractivity contribution in [3.63, 3.8) is 0 Å². The second-order valence-electron chi connectivity index (χ2n) is 5.93. The van der Waals surface area contributed by atoms with Crippen LogP contribution < -0.4 is 5.32 Å². The number of nitrogens with zero attached hydrogens (tertiary/aromatic N) is 1. The summed E-state index contributed by atoms with van der Waals surface area (Å²) in [6.07, 6.45) is 1.90. The lowest BCUT2D eigenvalue weighted by Crippen LogP contribution is -2.45. The van der Waals surface area contributed by atoms with Gasteiger partial charge in [-0.2, -0.15) is 0 Å². The van der Waals surface area contributed by atoms with Crippen LogP contribution >= 0.6 is 11.9 Å². The summed E-state index contributed by atoms with van der Waals surface area (Å²) in [5.74, 6) is -1.01. The Morgan fingerprint density at radius 1 is 1.30 bits per heavy atom. The number of quaternary nitrogens is 1. The molecule has 8 heteroatoms. The van der Waals surface area contributed by atoms with Gasteiger partial charge in [-0.3, -0.25) is 9.01 Å². The van der Waals surface area contributed by atoms with Gasteiger partial charge in [-0.15, -0.1) is 0 Å². The van der Waals surface area contributed by atoms with Gasteiger partial charge in [0, 0.05) is 12.8 Å². The van der Waals surface area contributed by atoms with Crippen LogP contribution in [0.2, 0.25) is 0 Å². The maximum Gasteiger partial charge on any atom is 0.326 e. The Labute approximate surface area is 136 Å². The van der Waals surface area contributed by atoms with Crippen molar-refractivity contribution in [1.29, 1.82) is 0 Å². The van der Waals surface area contributed by atoms with Gasteiger partial charge in [-0.05, 0) is 17.5 Å². The minimum atomic E-state index is -2.15. The van der Waals surface area contributed by atoms with E-state index in [-0.39, 0.29) is 12.3 Å². The van der Waals surface area contributed by atoms with E-state index in [2.05, 4.69) is 5.32 Å². The monoisotopic (exact) mass is 335 g/mol. The first-order valence-corrected chi connectivity index (χ1v) is 8.06. The second kappa shape index (κ2) is 5.72. The molecule has 2 unspecified atom stereocenters. The SMILES string of the molecule is O=CC1(Cc2ccc(C3CC(=O)[N+]([O-])([O-])S3)cc2)CCC(=O)N1. The van der Waals surface area contributed by atoms with Gasteiger partial charge in [-0.1, -0.05) is 24.3 Å². The summed E-state index contributed by atoms with van der Waals surface area (Å²) in [6.45, 7) is 0. The third kappa shape index (κ3) is 3.16. The molecular formula is C15H15N2O5S-. The highest BCUT2D eigenvalue weighted by atomic mass is 32.2. The van der Waals surface area contributed by atoms with Crippen LogP contribution in [0.1, 0.15) is 35.6 Å². The molecule has 3 rings (SSSR count). The van der Waals surface area contributed by atoms with Crippen LogP contribution in [-0.4, -0.2) is 27.9 Å². The number of benzene rings is 1. The third-order valence-corrected chi connectivity index (χ3v) is 5.39. The molecule has 0 aromatic heterocycles. The molecule has 0 bridgehead atoms. The molecule has 122 valence electrons. The average Bonchev–Trinajstić information content (AvgIpc) is 3.01. The minimum Gasteiger partial charge on any atom is -0.612 e. The highest BCUT2D eigenvalue weighted by molar-refractivity contribution is 7.94. The molecule has 0 saturated carbocycles. The molecule has 0 aliphatic carbocycles. The number of nitrogens with one attached hydrogen (secondary N) is 1. The van der Waals surface area contributed by atoms with Gasteiger partial charge in [0.1, 0.15) is 6.29 Å².